The summed E-state index contributed by atoms with van der Waals surface area (Å²) in [5.74, 6) is 0.258. The molecule has 0 saturated carbocycles. The zero-order valence-corrected chi connectivity index (χ0v) is 14.8. The van der Waals surface area contributed by atoms with Gasteiger partial charge in [0.25, 0.3) is 5.91 Å². The van der Waals surface area contributed by atoms with E-state index in [4.69, 9.17) is 14.2 Å². The minimum Gasteiger partial charge on any atom is -0.493 e. The first-order valence-electron chi connectivity index (χ1n) is 8.21. The molecule has 0 aromatic heterocycles. The van der Waals surface area contributed by atoms with Gasteiger partial charge in [-0.1, -0.05) is 6.42 Å². The summed E-state index contributed by atoms with van der Waals surface area (Å²) in [7, 11) is 2.94. The van der Waals surface area contributed by atoms with Crippen LogP contribution < -0.4 is 19.6 Å². The lowest BCUT2D eigenvalue weighted by atomic mass is 10.1. The second-order valence-corrected chi connectivity index (χ2v) is 5.71. The summed E-state index contributed by atoms with van der Waals surface area (Å²) in [6.07, 6.45) is 6.50. The largest absolute Gasteiger partial charge is 0.493 e. The summed E-state index contributed by atoms with van der Waals surface area (Å²) in [6, 6.07) is 3.34. The van der Waals surface area contributed by atoms with Crippen molar-refractivity contribution in [3.63, 3.8) is 0 Å². The Morgan fingerprint density at radius 1 is 1.08 bits per heavy atom. The molecule has 0 radical (unpaired) electrons. The molecule has 1 N–H and O–H groups in total. The van der Waals surface area contributed by atoms with Crippen molar-refractivity contribution in [1.82, 2.24) is 10.4 Å². The van der Waals surface area contributed by atoms with Gasteiger partial charge in [-0.05, 0) is 36.6 Å². The molecule has 0 unspecified atom stereocenters. The molecular formula is C18H24N2O5. The number of esters is 1. The predicted molar refractivity (Wildman–Crippen MR) is 93.5 cm³/mol. The van der Waals surface area contributed by atoms with Gasteiger partial charge in [0.1, 0.15) is 0 Å². The third-order valence-electron chi connectivity index (χ3n) is 3.78. The van der Waals surface area contributed by atoms with Crippen molar-refractivity contribution in [1.29, 1.82) is 0 Å². The number of carbonyl (C=O) groups excluding carboxylic acids is 2. The van der Waals surface area contributed by atoms with Crippen molar-refractivity contribution in [2.45, 2.75) is 26.2 Å². The maximum Gasteiger partial charge on any atom is 0.308 e. The van der Waals surface area contributed by atoms with Crippen LogP contribution in [0.15, 0.2) is 18.2 Å². The molecule has 7 nitrogen and oxygen atoms in total. The molecule has 0 aliphatic carbocycles. The van der Waals surface area contributed by atoms with Crippen molar-refractivity contribution in [3.05, 3.63) is 23.8 Å². The average molecular weight is 348 g/mol. The number of nitrogens with one attached hydrogen (secondary N) is 1. The highest BCUT2D eigenvalue weighted by Crippen LogP contribution is 2.39. The van der Waals surface area contributed by atoms with Crippen LogP contribution >= 0.6 is 0 Å². The van der Waals surface area contributed by atoms with Crippen LogP contribution in [0.3, 0.4) is 0 Å². The Balaban J connectivity index is 2.12. The maximum absolute atomic E-state index is 12.0. The molecule has 1 saturated heterocycles. The summed E-state index contributed by atoms with van der Waals surface area (Å²) in [5, 5.41) is 1.93. The number of nitrogens with zero attached hydrogens (tertiary/aromatic N) is 1. The Hall–Kier alpha value is -2.54. The zero-order valence-electron chi connectivity index (χ0n) is 14.8. The number of rotatable bonds is 6. The number of hydrazine groups is 1. The van der Waals surface area contributed by atoms with Crippen LogP contribution in [0.25, 0.3) is 6.08 Å². The van der Waals surface area contributed by atoms with Crippen LogP contribution in [0.2, 0.25) is 0 Å². The van der Waals surface area contributed by atoms with Gasteiger partial charge in [0, 0.05) is 26.1 Å². The smallest absolute Gasteiger partial charge is 0.308 e. The van der Waals surface area contributed by atoms with Crippen LogP contribution in [0.4, 0.5) is 0 Å². The fourth-order valence-electron chi connectivity index (χ4n) is 2.61. The van der Waals surface area contributed by atoms with Crippen LogP contribution in [0.1, 0.15) is 31.7 Å². The molecule has 1 fully saturated rings. The third kappa shape index (κ3) is 5.49. The fraction of sp³-hybridized carbons (Fsp3) is 0.444. The van der Waals surface area contributed by atoms with Crippen molar-refractivity contribution in [2.75, 3.05) is 27.3 Å². The van der Waals surface area contributed by atoms with Crippen LogP contribution in [-0.4, -0.2) is 44.2 Å². The van der Waals surface area contributed by atoms with Gasteiger partial charge in [0.05, 0.1) is 14.2 Å². The molecule has 25 heavy (non-hydrogen) atoms. The van der Waals surface area contributed by atoms with E-state index in [-0.39, 0.29) is 11.7 Å². The zero-order chi connectivity index (χ0) is 18.2. The highest BCUT2D eigenvalue weighted by atomic mass is 16.6. The molecule has 0 atom stereocenters. The highest BCUT2D eigenvalue weighted by Gasteiger charge is 2.16. The van der Waals surface area contributed by atoms with Crippen molar-refractivity contribution >= 4 is 18.0 Å². The van der Waals surface area contributed by atoms with Crippen LogP contribution in [0, 0.1) is 0 Å². The number of amides is 1. The lowest BCUT2D eigenvalue weighted by molar-refractivity contribution is -0.132. The summed E-state index contributed by atoms with van der Waals surface area (Å²) < 4.78 is 15.7. The second-order valence-electron chi connectivity index (χ2n) is 5.71. The van der Waals surface area contributed by atoms with E-state index in [1.807, 2.05) is 5.01 Å². The average Bonchev–Trinajstić information content (AvgIpc) is 2.61. The topological polar surface area (TPSA) is 77.1 Å². The second kappa shape index (κ2) is 9.08. The molecule has 1 aliphatic rings. The minimum atomic E-state index is -0.471. The van der Waals surface area contributed by atoms with E-state index in [0.717, 1.165) is 25.9 Å². The van der Waals surface area contributed by atoms with Gasteiger partial charge >= 0.3 is 5.97 Å². The normalized spacial score (nSPS) is 15.0. The first-order valence-corrected chi connectivity index (χ1v) is 8.21. The van der Waals surface area contributed by atoms with E-state index >= 15 is 0 Å². The first-order chi connectivity index (χ1) is 12.0. The Bertz CT molecular complexity index is 626. The van der Waals surface area contributed by atoms with E-state index in [2.05, 4.69) is 5.43 Å². The SMILES string of the molecule is COc1cc(C=CC(=O)NN2CCCCC2)cc(OC)c1OC(C)=O. The van der Waals surface area contributed by atoms with Crippen molar-refractivity contribution in [3.8, 4) is 17.2 Å². The monoisotopic (exact) mass is 348 g/mol. The molecule has 1 aromatic rings. The lowest BCUT2D eigenvalue weighted by Gasteiger charge is -2.26. The van der Waals surface area contributed by atoms with E-state index in [1.165, 1.54) is 33.6 Å². The molecule has 2 rings (SSSR count). The Kier molecular flexibility index (Phi) is 6.82. The van der Waals surface area contributed by atoms with E-state index in [9.17, 15) is 9.59 Å². The van der Waals surface area contributed by atoms with Crippen molar-refractivity contribution in [2.24, 2.45) is 0 Å². The Morgan fingerprint density at radius 3 is 2.20 bits per heavy atom. The standard InChI is InChI=1S/C18H24N2O5/c1-13(21)25-18-15(23-2)11-14(12-16(18)24-3)7-8-17(22)19-20-9-5-4-6-10-20/h7-8,11-12H,4-6,9-10H2,1-3H3,(H,19,22). The number of methoxy groups -OCH3 is 2. The number of hydrogen-bond acceptors (Lipinski definition) is 6. The number of hydrogen-bond donors (Lipinski definition) is 1. The van der Waals surface area contributed by atoms with Gasteiger partial charge in [0.15, 0.2) is 11.5 Å². The molecule has 1 aromatic carbocycles. The summed E-state index contributed by atoms with van der Waals surface area (Å²) in [6.45, 7) is 3.05. The van der Waals surface area contributed by atoms with Crippen LogP contribution in [-0.2, 0) is 9.59 Å². The molecule has 1 amide bonds. The van der Waals surface area contributed by atoms with Crippen LogP contribution in [0.5, 0.6) is 17.2 Å². The quantitative estimate of drug-likeness (QED) is 0.482. The maximum atomic E-state index is 12.0. The van der Waals surface area contributed by atoms with Gasteiger partial charge in [-0.15, -0.1) is 0 Å². The summed E-state index contributed by atoms with van der Waals surface area (Å²) in [5.41, 5.74) is 3.55. The molecule has 0 bridgehead atoms. The minimum absolute atomic E-state index is 0.191. The number of piperidine rings is 1. The molecule has 1 heterocycles. The van der Waals surface area contributed by atoms with Gasteiger partial charge in [-0.2, -0.15) is 0 Å². The lowest BCUT2D eigenvalue weighted by Crippen LogP contribution is -2.44. The highest BCUT2D eigenvalue weighted by molar-refractivity contribution is 5.91. The van der Waals surface area contributed by atoms with E-state index < -0.39 is 5.97 Å². The molecule has 0 spiro atoms. The fourth-order valence-corrected chi connectivity index (χ4v) is 2.61. The summed E-state index contributed by atoms with van der Waals surface area (Å²) in [4.78, 5) is 23.3. The molecular weight excluding hydrogens is 324 g/mol. The summed E-state index contributed by atoms with van der Waals surface area (Å²) >= 11 is 0. The first kappa shape index (κ1) is 18.8. The van der Waals surface area contributed by atoms with Gasteiger partial charge in [0.2, 0.25) is 5.75 Å². The molecule has 7 heteroatoms. The third-order valence-corrected chi connectivity index (χ3v) is 3.78. The van der Waals surface area contributed by atoms with E-state index in [0.29, 0.717) is 17.1 Å². The Morgan fingerprint density at radius 2 is 1.68 bits per heavy atom. The van der Waals surface area contributed by atoms with Gasteiger partial charge in [-0.25, -0.2) is 5.01 Å². The number of benzene rings is 1. The van der Waals surface area contributed by atoms with Crippen molar-refractivity contribution < 1.29 is 23.8 Å². The number of carbonyl (C=O) groups is 2. The molecule has 1 aliphatic heterocycles. The number of ether oxygens (including phenoxy) is 3. The van der Waals surface area contributed by atoms with Gasteiger partial charge in [-0.3, -0.25) is 15.0 Å². The predicted octanol–water partition coefficient (Wildman–Crippen LogP) is 2.16. The van der Waals surface area contributed by atoms with E-state index in [1.54, 1.807) is 18.2 Å². The van der Waals surface area contributed by atoms with Gasteiger partial charge < -0.3 is 14.2 Å². The Labute approximate surface area is 147 Å². The molecule has 136 valence electrons.